The maximum atomic E-state index is 13.8. The van der Waals surface area contributed by atoms with E-state index in [1.807, 2.05) is 5.32 Å². The maximum Gasteiger partial charge on any atom is 0.408 e. The third kappa shape index (κ3) is 4.70. The molecule has 4 rings (SSSR count). The molecule has 1 atom stereocenters. The fourth-order valence-corrected chi connectivity index (χ4v) is 4.42. The summed E-state index contributed by atoms with van der Waals surface area (Å²) in [5, 5.41) is 3.83. The third-order valence-corrected chi connectivity index (χ3v) is 6.12. The average molecular weight is 546 g/mol. The van der Waals surface area contributed by atoms with Crippen LogP contribution in [0.25, 0.3) is 16.7 Å². The minimum atomic E-state index is -4.74. The molecule has 0 aliphatic carbocycles. The third-order valence-electron chi connectivity index (χ3n) is 5.55. The van der Waals surface area contributed by atoms with Crippen LogP contribution in [0.15, 0.2) is 35.3 Å². The van der Waals surface area contributed by atoms with E-state index in [0.717, 1.165) is 22.9 Å². The minimum absolute atomic E-state index is 0.0721. The van der Waals surface area contributed by atoms with Gasteiger partial charge < -0.3 is 10.6 Å². The molecule has 14 heteroatoms. The topological polar surface area (TPSA) is 96.3 Å². The van der Waals surface area contributed by atoms with Crippen molar-refractivity contribution in [3.8, 4) is 5.69 Å². The van der Waals surface area contributed by atoms with E-state index in [9.17, 15) is 31.9 Å². The van der Waals surface area contributed by atoms with Crippen LogP contribution in [-0.2, 0) is 0 Å². The van der Waals surface area contributed by atoms with Crippen LogP contribution in [0.2, 0.25) is 10.0 Å². The van der Waals surface area contributed by atoms with Gasteiger partial charge in [0, 0.05) is 19.3 Å². The molecule has 1 saturated heterocycles. The molecule has 2 N–H and O–H groups in total. The number of nitrogens with zero attached hydrogens (tertiary/aromatic N) is 3. The molecule has 8 nitrogen and oxygen atoms in total. The molecule has 2 aromatic heterocycles. The number of halogens is 6. The van der Waals surface area contributed by atoms with E-state index in [4.69, 9.17) is 23.2 Å². The second kappa shape index (κ2) is 9.58. The van der Waals surface area contributed by atoms with Crippen molar-refractivity contribution in [1.82, 2.24) is 20.2 Å². The van der Waals surface area contributed by atoms with E-state index in [0.29, 0.717) is 6.54 Å². The van der Waals surface area contributed by atoms with Gasteiger partial charge in [0.05, 0.1) is 21.1 Å². The van der Waals surface area contributed by atoms with Crippen molar-refractivity contribution < 1.29 is 27.2 Å². The first-order valence-electron chi connectivity index (χ1n) is 10.6. The molecule has 1 unspecified atom stereocenters. The van der Waals surface area contributed by atoms with Gasteiger partial charge in [-0.3, -0.25) is 19.1 Å². The van der Waals surface area contributed by atoms with Crippen LogP contribution in [0.3, 0.4) is 0 Å². The highest BCUT2D eigenvalue weighted by molar-refractivity contribution is 6.37. The predicted molar refractivity (Wildman–Crippen MR) is 126 cm³/mol. The summed E-state index contributed by atoms with van der Waals surface area (Å²) in [5.41, 5.74) is -1.73. The summed E-state index contributed by atoms with van der Waals surface area (Å²) in [7, 11) is 0. The van der Waals surface area contributed by atoms with Gasteiger partial charge in [-0.15, -0.1) is 0 Å². The second-order valence-corrected chi connectivity index (χ2v) is 8.67. The number of nitrogens with one attached hydrogen (secondary N) is 2. The first-order chi connectivity index (χ1) is 16.9. The Morgan fingerprint density at radius 2 is 1.89 bits per heavy atom. The van der Waals surface area contributed by atoms with Crippen molar-refractivity contribution in [1.29, 1.82) is 0 Å². The summed E-state index contributed by atoms with van der Waals surface area (Å²) in [5.74, 6) is -1.90. The first kappa shape index (κ1) is 25.7. The SMILES string of the molecule is CCC(NC(=O)c1cn(-c2c(Cl)cc(F)cc2Cl)c2nc(N3CCNC3=O)ccc2c1=O)C(F)(F)F. The van der Waals surface area contributed by atoms with Crippen molar-refractivity contribution in [3.05, 3.63) is 62.1 Å². The van der Waals surface area contributed by atoms with Crippen molar-refractivity contribution >= 4 is 52.0 Å². The molecular formula is C22H17Cl2F4N5O3. The lowest BCUT2D eigenvalue weighted by atomic mass is 10.1. The van der Waals surface area contributed by atoms with Crippen molar-refractivity contribution in [2.75, 3.05) is 18.0 Å². The smallest absolute Gasteiger partial charge is 0.340 e. The molecule has 3 amide bonds. The van der Waals surface area contributed by atoms with E-state index >= 15 is 0 Å². The largest absolute Gasteiger partial charge is 0.408 e. The first-order valence-corrected chi connectivity index (χ1v) is 11.3. The lowest BCUT2D eigenvalue weighted by Gasteiger charge is -2.21. The zero-order valence-corrected chi connectivity index (χ0v) is 19.9. The predicted octanol–water partition coefficient (Wildman–Crippen LogP) is 4.43. The molecule has 1 aromatic carbocycles. The zero-order chi connectivity index (χ0) is 26.4. The number of rotatable bonds is 5. The van der Waals surface area contributed by atoms with Crippen LogP contribution >= 0.6 is 23.2 Å². The number of pyridine rings is 2. The fourth-order valence-electron chi connectivity index (χ4n) is 3.78. The number of hydrogen-bond donors (Lipinski definition) is 2. The van der Waals surface area contributed by atoms with Crippen molar-refractivity contribution in [3.63, 3.8) is 0 Å². The van der Waals surface area contributed by atoms with Gasteiger partial charge in [-0.2, -0.15) is 13.2 Å². The normalized spacial score (nSPS) is 14.8. The van der Waals surface area contributed by atoms with Crippen LogP contribution < -0.4 is 21.0 Å². The quantitative estimate of drug-likeness (QED) is 0.463. The number of fused-ring (bicyclic) bond motifs is 1. The van der Waals surface area contributed by atoms with Gasteiger partial charge >= 0.3 is 12.2 Å². The number of carbonyl (C=O) groups excluding carboxylic acids is 2. The van der Waals surface area contributed by atoms with Crippen LogP contribution in [0.5, 0.6) is 0 Å². The highest BCUT2D eigenvalue weighted by atomic mass is 35.5. The zero-order valence-electron chi connectivity index (χ0n) is 18.4. The van der Waals surface area contributed by atoms with E-state index < -0.39 is 47.4 Å². The number of hydrogen-bond acceptors (Lipinski definition) is 4. The van der Waals surface area contributed by atoms with Gasteiger partial charge in [0.2, 0.25) is 5.43 Å². The van der Waals surface area contributed by atoms with Crippen LogP contribution in [0.4, 0.5) is 28.2 Å². The molecular weight excluding hydrogens is 529 g/mol. The minimum Gasteiger partial charge on any atom is -0.340 e. The number of carbonyl (C=O) groups is 2. The van der Waals surface area contributed by atoms with Gasteiger partial charge in [-0.1, -0.05) is 30.1 Å². The Bertz CT molecular complexity index is 1420. The molecule has 36 heavy (non-hydrogen) atoms. The summed E-state index contributed by atoms with van der Waals surface area (Å²) in [6.45, 7) is 1.88. The average Bonchev–Trinajstić information content (AvgIpc) is 3.22. The summed E-state index contributed by atoms with van der Waals surface area (Å²) < 4.78 is 54.7. The Morgan fingerprint density at radius 3 is 2.44 bits per heavy atom. The molecule has 190 valence electrons. The molecule has 1 aliphatic heterocycles. The van der Waals surface area contributed by atoms with Crippen LogP contribution in [-0.4, -0.2) is 46.8 Å². The molecule has 3 heterocycles. The van der Waals surface area contributed by atoms with Gasteiger partial charge in [0.25, 0.3) is 5.91 Å². The number of amides is 3. The van der Waals surface area contributed by atoms with Gasteiger partial charge in [-0.05, 0) is 30.7 Å². The van der Waals surface area contributed by atoms with Crippen LogP contribution in [0, 0.1) is 5.82 Å². The van der Waals surface area contributed by atoms with E-state index in [1.54, 1.807) is 0 Å². The molecule has 3 aromatic rings. The lowest BCUT2D eigenvalue weighted by Crippen LogP contribution is -2.46. The van der Waals surface area contributed by atoms with Crippen molar-refractivity contribution in [2.24, 2.45) is 0 Å². The van der Waals surface area contributed by atoms with Gasteiger partial charge in [-0.25, -0.2) is 14.2 Å². The number of anilines is 1. The summed E-state index contributed by atoms with van der Waals surface area (Å²) in [6, 6.07) is 1.88. The summed E-state index contributed by atoms with van der Waals surface area (Å²) >= 11 is 12.4. The maximum absolute atomic E-state index is 13.8. The number of alkyl halides is 3. The number of urea groups is 1. The fraction of sp³-hybridized carbons (Fsp3) is 0.273. The van der Waals surface area contributed by atoms with Gasteiger partial charge in [0.1, 0.15) is 23.2 Å². The number of aromatic nitrogens is 2. The molecule has 0 bridgehead atoms. The standard InChI is InChI=1S/C22H17Cl2F4N5O3/c1-2-15(22(26,27)28)30-20(35)12-9-33(17-13(23)7-10(25)8-14(17)24)19-11(18(12)34)3-4-16(31-19)32-6-5-29-21(32)36/h3-4,7-9,15H,2,5-6H2,1H3,(H,29,36)(H,30,35). The molecule has 0 spiro atoms. The lowest BCUT2D eigenvalue weighted by molar-refractivity contribution is -0.153. The summed E-state index contributed by atoms with van der Waals surface area (Å²) in [6.07, 6.45) is -4.26. The Kier molecular flexibility index (Phi) is 6.84. The second-order valence-electron chi connectivity index (χ2n) is 7.86. The van der Waals surface area contributed by atoms with E-state index in [-0.39, 0.29) is 39.1 Å². The Morgan fingerprint density at radius 1 is 1.22 bits per heavy atom. The Labute approximate surface area is 210 Å². The monoisotopic (exact) mass is 545 g/mol. The highest BCUT2D eigenvalue weighted by Gasteiger charge is 2.39. The Balaban J connectivity index is 1.97. The Hall–Kier alpha value is -3.38. The van der Waals surface area contributed by atoms with E-state index in [1.165, 1.54) is 24.0 Å². The molecule has 0 saturated carbocycles. The van der Waals surface area contributed by atoms with Crippen LogP contribution in [0.1, 0.15) is 23.7 Å². The molecule has 1 fully saturated rings. The van der Waals surface area contributed by atoms with Crippen molar-refractivity contribution in [2.45, 2.75) is 25.6 Å². The molecule has 0 radical (unpaired) electrons. The highest BCUT2D eigenvalue weighted by Crippen LogP contribution is 2.32. The van der Waals surface area contributed by atoms with Gasteiger partial charge in [0.15, 0.2) is 5.65 Å². The number of benzene rings is 1. The molecule has 1 aliphatic rings. The summed E-state index contributed by atoms with van der Waals surface area (Å²) in [4.78, 5) is 43.8. The van der Waals surface area contributed by atoms with E-state index in [2.05, 4.69) is 10.3 Å².